The van der Waals surface area contributed by atoms with Crippen molar-refractivity contribution in [3.8, 4) is 0 Å². The van der Waals surface area contributed by atoms with E-state index in [1.807, 2.05) is 5.38 Å². The van der Waals surface area contributed by atoms with Gasteiger partial charge >= 0.3 is 6.03 Å². The summed E-state index contributed by atoms with van der Waals surface area (Å²) in [4.78, 5) is 15.6. The zero-order valence-corrected chi connectivity index (χ0v) is 9.85. The third-order valence-corrected chi connectivity index (χ3v) is 3.41. The molecule has 5 nitrogen and oxygen atoms in total. The lowest BCUT2D eigenvalue weighted by atomic mass is 10.2. The first kappa shape index (κ1) is 11.2. The number of carbonyl (C=O) groups is 1. The van der Waals surface area contributed by atoms with E-state index in [0.717, 1.165) is 18.5 Å². The summed E-state index contributed by atoms with van der Waals surface area (Å²) in [6.07, 6.45) is 4.62. The molecular weight excluding hydrogens is 224 g/mol. The summed E-state index contributed by atoms with van der Waals surface area (Å²) in [5, 5.41) is 8.12. The van der Waals surface area contributed by atoms with Gasteiger partial charge in [-0.05, 0) is 12.8 Å². The van der Waals surface area contributed by atoms with Crippen LogP contribution in [0.25, 0.3) is 0 Å². The second kappa shape index (κ2) is 5.16. The zero-order chi connectivity index (χ0) is 11.4. The number of nitrogens with one attached hydrogen (secondary N) is 2. The van der Waals surface area contributed by atoms with Gasteiger partial charge in [0.15, 0.2) is 5.13 Å². The van der Waals surface area contributed by atoms with Crippen LogP contribution in [-0.4, -0.2) is 17.1 Å². The predicted octanol–water partition coefficient (Wildman–Crippen LogP) is 1.47. The second-order valence-corrected chi connectivity index (χ2v) is 4.88. The van der Waals surface area contributed by atoms with Gasteiger partial charge in [-0.1, -0.05) is 12.8 Å². The summed E-state index contributed by atoms with van der Waals surface area (Å²) in [6.45, 7) is 0.437. The average Bonchev–Trinajstić information content (AvgIpc) is 2.87. The van der Waals surface area contributed by atoms with Gasteiger partial charge in [-0.2, -0.15) is 0 Å². The van der Waals surface area contributed by atoms with Crippen molar-refractivity contribution in [1.29, 1.82) is 0 Å². The normalized spacial score (nSPS) is 16.2. The molecule has 6 heteroatoms. The Morgan fingerprint density at radius 3 is 2.94 bits per heavy atom. The van der Waals surface area contributed by atoms with E-state index in [9.17, 15) is 4.79 Å². The molecule has 1 saturated carbocycles. The lowest BCUT2D eigenvalue weighted by Crippen LogP contribution is -2.40. The van der Waals surface area contributed by atoms with Crippen LogP contribution in [0.1, 0.15) is 31.4 Å². The Morgan fingerprint density at radius 1 is 1.56 bits per heavy atom. The highest BCUT2D eigenvalue weighted by Gasteiger charge is 2.16. The van der Waals surface area contributed by atoms with Crippen LogP contribution in [0.15, 0.2) is 5.38 Å². The summed E-state index contributed by atoms with van der Waals surface area (Å²) in [5.41, 5.74) is 6.31. The second-order valence-electron chi connectivity index (χ2n) is 3.99. The fourth-order valence-corrected chi connectivity index (χ4v) is 2.44. The van der Waals surface area contributed by atoms with Gasteiger partial charge in [-0.15, -0.1) is 11.3 Å². The molecule has 88 valence electrons. The zero-order valence-electron chi connectivity index (χ0n) is 9.03. The van der Waals surface area contributed by atoms with E-state index < -0.39 is 0 Å². The van der Waals surface area contributed by atoms with E-state index in [1.165, 1.54) is 24.2 Å². The van der Waals surface area contributed by atoms with E-state index >= 15 is 0 Å². The molecule has 0 aromatic carbocycles. The van der Waals surface area contributed by atoms with E-state index in [2.05, 4.69) is 15.6 Å². The number of aromatic nitrogens is 1. The number of thiazole rings is 1. The Bertz CT molecular complexity index is 359. The molecule has 16 heavy (non-hydrogen) atoms. The standard InChI is InChI=1S/C10H16N4OS/c11-9-13-8(6-16-9)5-12-10(15)14-7-3-1-2-4-7/h6-7H,1-5H2,(H2,11,13)(H2,12,14,15). The molecule has 1 aromatic heterocycles. The summed E-state index contributed by atoms with van der Waals surface area (Å²) < 4.78 is 0. The van der Waals surface area contributed by atoms with Gasteiger partial charge in [0.2, 0.25) is 0 Å². The number of nitrogens with two attached hydrogens (primary N) is 1. The van der Waals surface area contributed by atoms with E-state index in [0.29, 0.717) is 17.7 Å². The van der Waals surface area contributed by atoms with Crippen molar-refractivity contribution >= 4 is 22.5 Å². The molecule has 0 unspecified atom stereocenters. The van der Waals surface area contributed by atoms with Crippen LogP contribution in [0, 0.1) is 0 Å². The van der Waals surface area contributed by atoms with Crippen LogP contribution >= 0.6 is 11.3 Å². The number of nitrogens with zero attached hydrogens (tertiary/aromatic N) is 1. The van der Waals surface area contributed by atoms with Gasteiger partial charge in [0.25, 0.3) is 0 Å². The minimum Gasteiger partial charge on any atom is -0.375 e. The third kappa shape index (κ3) is 3.10. The molecule has 0 atom stereocenters. The van der Waals surface area contributed by atoms with Crippen LogP contribution < -0.4 is 16.4 Å². The summed E-state index contributed by atoms with van der Waals surface area (Å²) in [5.74, 6) is 0. The minimum absolute atomic E-state index is 0.113. The summed E-state index contributed by atoms with van der Waals surface area (Å²) in [6, 6.07) is 0.235. The maximum Gasteiger partial charge on any atom is 0.315 e. The van der Waals surface area contributed by atoms with Crippen molar-refractivity contribution in [2.75, 3.05) is 5.73 Å². The number of carbonyl (C=O) groups excluding carboxylic acids is 1. The monoisotopic (exact) mass is 240 g/mol. The molecule has 2 rings (SSSR count). The largest absolute Gasteiger partial charge is 0.375 e. The fourth-order valence-electron chi connectivity index (χ4n) is 1.88. The van der Waals surface area contributed by atoms with Crippen molar-refractivity contribution in [3.05, 3.63) is 11.1 Å². The molecule has 2 amide bonds. The van der Waals surface area contributed by atoms with Gasteiger partial charge in [0, 0.05) is 11.4 Å². The molecule has 1 aliphatic rings. The number of rotatable bonds is 3. The van der Waals surface area contributed by atoms with Gasteiger partial charge < -0.3 is 16.4 Å². The van der Waals surface area contributed by atoms with Crippen molar-refractivity contribution in [1.82, 2.24) is 15.6 Å². The smallest absolute Gasteiger partial charge is 0.315 e. The van der Waals surface area contributed by atoms with Gasteiger partial charge in [-0.3, -0.25) is 0 Å². The van der Waals surface area contributed by atoms with Crippen LogP contribution in [0.2, 0.25) is 0 Å². The Balaban J connectivity index is 1.71. The van der Waals surface area contributed by atoms with Gasteiger partial charge in [0.05, 0.1) is 12.2 Å². The molecule has 0 bridgehead atoms. The number of nitrogen functional groups attached to an aromatic ring is 1. The maximum absolute atomic E-state index is 11.5. The predicted molar refractivity (Wildman–Crippen MR) is 64.2 cm³/mol. The van der Waals surface area contributed by atoms with Crippen molar-refractivity contribution in [2.45, 2.75) is 38.3 Å². The molecule has 1 aromatic rings. The van der Waals surface area contributed by atoms with Crippen LogP contribution in [-0.2, 0) is 6.54 Å². The molecule has 0 saturated heterocycles. The third-order valence-electron chi connectivity index (χ3n) is 2.69. The number of urea groups is 1. The molecule has 0 spiro atoms. The minimum atomic E-state index is -0.113. The molecule has 1 fully saturated rings. The van der Waals surface area contributed by atoms with E-state index in [-0.39, 0.29) is 6.03 Å². The Labute approximate surface area is 98.4 Å². The fraction of sp³-hybridized carbons (Fsp3) is 0.600. The quantitative estimate of drug-likeness (QED) is 0.748. The number of hydrogen-bond acceptors (Lipinski definition) is 4. The molecule has 1 aliphatic carbocycles. The van der Waals surface area contributed by atoms with E-state index in [1.54, 1.807) is 0 Å². The topological polar surface area (TPSA) is 80.0 Å². The summed E-state index contributed by atoms with van der Waals surface area (Å²) in [7, 11) is 0. The van der Waals surface area contributed by atoms with Crippen molar-refractivity contribution in [2.24, 2.45) is 0 Å². The van der Waals surface area contributed by atoms with Crippen molar-refractivity contribution < 1.29 is 4.79 Å². The molecule has 4 N–H and O–H groups in total. The number of anilines is 1. The molecule has 1 heterocycles. The first-order valence-electron chi connectivity index (χ1n) is 5.48. The first-order valence-corrected chi connectivity index (χ1v) is 6.36. The number of hydrogen-bond donors (Lipinski definition) is 3. The lowest BCUT2D eigenvalue weighted by molar-refractivity contribution is 0.236. The average molecular weight is 240 g/mol. The molecule has 0 aliphatic heterocycles. The molecular formula is C10H16N4OS. The Kier molecular flexibility index (Phi) is 3.61. The lowest BCUT2D eigenvalue weighted by Gasteiger charge is -2.12. The maximum atomic E-state index is 11.5. The van der Waals surface area contributed by atoms with Gasteiger partial charge in [-0.25, -0.2) is 9.78 Å². The van der Waals surface area contributed by atoms with Gasteiger partial charge in [0.1, 0.15) is 0 Å². The van der Waals surface area contributed by atoms with Crippen molar-refractivity contribution in [3.63, 3.8) is 0 Å². The highest BCUT2D eigenvalue weighted by Crippen LogP contribution is 2.17. The summed E-state index contributed by atoms with van der Waals surface area (Å²) >= 11 is 1.38. The van der Waals surface area contributed by atoms with Crippen LogP contribution in [0.4, 0.5) is 9.93 Å². The van der Waals surface area contributed by atoms with E-state index in [4.69, 9.17) is 5.73 Å². The van der Waals surface area contributed by atoms with Crippen LogP contribution in [0.3, 0.4) is 0 Å². The Morgan fingerprint density at radius 2 is 2.31 bits per heavy atom. The number of amides is 2. The highest BCUT2D eigenvalue weighted by atomic mass is 32.1. The highest BCUT2D eigenvalue weighted by molar-refractivity contribution is 7.13. The Hall–Kier alpha value is -1.30. The van der Waals surface area contributed by atoms with Crippen LogP contribution in [0.5, 0.6) is 0 Å². The SMILES string of the molecule is Nc1nc(CNC(=O)NC2CCCC2)cs1. The molecule has 0 radical (unpaired) electrons. The first-order chi connectivity index (χ1) is 7.74.